The molecular formula is C13H12BrN5O. The largest absolute Gasteiger partial charge is 0.461 e. The van der Waals surface area contributed by atoms with Gasteiger partial charge < -0.3 is 9.73 Å². The molecule has 0 aliphatic carbocycles. The first-order chi connectivity index (χ1) is 9.81. The van der Waals surface area contributed by atoms with Crippen LogP contribution in [0.25, 0.3) is 11.6 Å². The second kappa shape index (κ2) is 5.87. The van der Waals surface area contributed by atoms with E-state index in [0.717, 1.165) is 16.7 Å². The van der Waals surface area contributed by atoms with Gasteiger partial charge in [-0.2, -0.15) is 4.80 Å². The fourth-order valence-corrected chi connectivity index (χ4v) is 1.97. The number of halogens is 1. The van der Waals surface area contributed by atoms with E-state index in [1.54, 1.807) is 23.2 Å². The Morgan fingerprint density at radius 3 is 2.80 bits per heavy atom. The van der Waals surface area contributed by atoms with Gasteiger partial charge in [0.1, 0.15) is 0 Å². The molecule has 0 bridgehead atoms. The van der Waals surface area contributed by atoms with Crippen molar-refractivity contribution in [3.63, 3.8) is 0 Å². The van der Waals surface area contributed by atoms with E-state index in [1.165, 1.54) is 0 Å². The second-order valence-corrected chi connectivity index (χ2v) is 5.04. The first kappa shape index (κ1) is 12.9. The molecule has 1 aromatic carbocycles. The Labute approximate surface area is 123 Å². The predicted molar refractivity (Wildman–Crippen MR) is 78.2 cm³/mol. The van der Waals surface area contributed by atoms with Gasteiger partial charge in [0.2, 0.25) is 5.82 Å². The second-order valence-electron chi connectivity index (χ2n) is 4.12. The maximum absolute atomic E-state index is 5.22. The molecule has 0 radical (unpaired) electrons. The zero-order valence-corrected chi connectivity index (χ0v) is 12.1. The van der Waals surface area contributed by atoms with Crippen LogP contribution in [-0.2, 0) is 6.54 Å². The maximum Gasteiger partial charge on any atom is 0.240 e. The topological polar surface area (TPSA) is 68.8 Å². The summed E-state index contributed by atoms with van der Waals surface area (Å²) in [6.45, 7) is 1.35. The molecule has 0 spiro atoms. The Morgan fingerprint density at radius 2 is 2.05 bits per heavy atom. The van der Waals surface area contributed by atoms with E-state index in [2.05, 4.69) is 36.7 Å². The van der Waals surface area contributed by atoms with Gasteiger partial charge in [0.05, 0.1) is 12.8 Å². The summed E-state index contributed by atoms with van der Waals surface area (Å²) in [6.07, 6.45) is 1.59. The van der Waals surface area contributed by atoms with Crippen molar-refractivity contribution >= 4 is 21.6 Å². The molecule has 7 heteroatoms. The third kappa shape index (κ3) is 3.05. The van der Waals surface area contributed by atoms with Crippen LogP contribution < -0.4 is 5.32 Å². The summed E-state index contributed by atoms with van der Waals surface area (Å²) in [7, 11) is 0. The minimum absolute atomic E-state index is 0.499. The first-order valence-corrected chi connectivity index (χ1v) is 6.92. The monoisotopic (exact) mass is 333 g/mol. The zero-order chi connectivity index (χ0) is 13.8. The van der Waals surface area contributed by atoms with Crippen molar-refractivity contribution < 1.29 is 4.42 Å². The highest BCUT2D eigenvalue weighted by atomic mass is 79.9. The van der Waals surface area contributed by atoms with Crippen molar-refractivity contribution in [1.82, 2.24) is 20.2 Å². The number of nitrogens with one attached hydrogen (secondary N) is 1. The summed E-state index contributed by atoms with van der Waals surface area (Å²) >= 11 is 3.40. The molecule has 0 atom stereocenters. The number of benzene rings is 1. The van der Waals surface area contributed by atoms with Crippen LogP contribution in [0.3, 0.4) is 0 Å². The van der Waals surface area contributed by atoms with Gasteiger partial charge >= 0.3 is 0 Å². The Kier molecular flexibility index (Phi) is 3.78. The number of hydrogen-bond donors (Lipinski definition) is 1. The number of nitrogens with zero attached hydrogens (tertiary/aromatic N) is 4. The fourth-order valence-electron chi connectivity index (χ4n) is 1.71. The Hall–Kier alpha value is -2.15. The highest BCUT2D eigenvalue weighted by molar-refractivity contribution is 9.10. The lowest BCUT2D eigenvalue weighted by Crippen LogP contribution is -2.12. The van der Waals surface area contributed by atoms with E-state index in [9.17, 15) is 0 Å². The highest BCUT2D eigenvalue weighted by Crippen LogP contribution is 2.14. The molecule has 0 aliphatic rings. The van der Waals surface area contributed by atoms with Crippen LogP contribution in [0.1, 0.15) is 0 Å². The lowest BCUT2D eigenvalue weighted by Gasteiger charge is -2.05. The molecule has 0 aliphatic heterocycles. The molecule has 3 rings (SSSR count). The van der Waals surface area contributed by atoms with Crippen molar-refractivity contribution in [2.45, 2.75) is 6.54 Å². The molecule has 3 aromatic rings. The lowest BCUT2D eigenvalue weighted by molar-refractivity contribution is 0.537. The minimum atomic E-state index is 0.499. The number of anilines is 1. The number of tetrazole rings is 1. The maximum atomic E-state index is 5.22. The Bertz CT molecular complexity index is 662. The fraction of sp³-hybridized carbons (Fsp3) is 0.154. The van der Waals surface area contributed by atoms with Crippen molar-refractivity contribution in [3.05, 3.63) is 47.1 Å². The van der Waals surface area contributed by atoms with Gasteiger partial charge in [-0.1, -0.05) is 15.9 Å². The van der Waals surface area contributed by atoms with E-state index < -0.39 is 0 Å². The summed E-state index contributed by atoms with van der Waals surface area (Å²) in [5.74, 6) is 1.12. The van der Waals surface area contributed by atoms with Crippen LogP contribution >= 0.6 is 15.9 Å². The molecule has 2 heterocycles. The molecule has 0 amide bonds. The van der Waals surface area contributed by atoms with E-state index in [-0.39, 0.29) is 0 Å². The van der Waals surface area contributed by atoms with Crippen LogP contribution in [0.4, 0.5) is 5.69 Å². The summed E-state index contributed by atoms with van der Waals surface area (Å²) in [6, 6.07) is 11.6. The van der Waals surface area contributed by atoms with Crippen LogP contribution in [0.2, 0.25) is 0 Å². The minimum Gasteiger partial charge on any atom is -0.461 e. The molecule has 0 fully saturated rings. The molecule has 2 aromatic heterocycles. The lowest BCUT2D eigenvalue weighted by atomic mass is 10.3. The quantitative estimate of drug-likeness (QED) is 0.777. The van der Waals surface area contributed by atoms with Gasteiger partial charge in [0, 0.05) is 16.7 Å². The first-order valence-electron chi connectivity index (χ1n) is 6.12. The van der Waals surface area contributed by atoms with E-state index in [1.807, 2.05) is 24.3 Å². The molecule has 20 heavy (non-hydrogen) atoms. The standard InChI is InChI=1S/C13H12BrN5O/c14-10-3-5-11(6-4-10)15-7-8-19-17-13(16-18-19)12-2-1-9-20-12/h1-6,9,15H,7-8H2. The Morgan fingerprint density at radius 1 is 1.20 bits per heavy atom. The number of rotatable bonds is 5. The molecule has 0 saturated carbocycles. The van der Waals surface area contributed by atoms with E-state index in [0.29, 0.717) is 18.1 Å². The summed E-state index contributed by atoms with van der Waals surface area (Å²) in [4.78, 5) is 1.55. The van der Waals surface area contributed by atoms with E-state index >= 15 is 0 Å². The Balaban J connectivity index is 1.55. The van der Waals surface area contributed by atoms with E-state index in [4.69, 9.17) is 4.42 Å². The predicted octanol–water partition coefficient (Wildman–Crippen LogP) is 2.81. The van der Waals surface area contributed by atoms with Gasteiger partial charge in [-0.15, -0.1) is 10.2 Å². The normalized spacial score (nSPS) is 10.7. The average molecular weight is 334 g/mol. The van der Waals surface area contributed by atoms with Gasteiger partial charge in [-0.25, -0.2) is 0 Å². The van der Waals surface area contributed by atoms with Gasteiger partial charge in [0.25, 0.3) is 0 Å². The summed E-state index contributed by atoms with van der Waals surface area (Å²) in [5.41, 5.74) is 1.06. The molecule has 1 N–H and O–H groups in total. The van der Waals surface area contributed by atoms with Crippen LogP contribution in [0.5, 0.6) is 0 Å². The van der Waals surface area contributed by atoms with Crippen LogP contribution in [0.15, 0.2) is 51.6 Å². The van der Waals surface area contributed by atoms with Crippen molar-refractivity contribution in [2.75, 3.05) is 11.9 Å². The number of furan rings is 1. The average Bonchev–Trinajstić information content (AvgIpc) is 3.11. The highest BCUT2D eigenvalue weighted by Gasteiger charge is 2.07. The summed E-state index contributed by atoms with van der Waals surface area (Å²) in [5, 5.41) is 15.5. The third-order valence-corrected chi connectivity index (χ3v) is 3.21. The van der Waals surface area contributed by atoms with Crippen molar-refractivity contribution in [3.8, 4) is 11.6 Å². The van der Waals surface area contributed by atoms with Crippen molar-refractivity contribution in [2.24, 2.45) is 0 Å². The van der Waals surface area contributed by atoms with Gasteiger partial charge in [0.15, 0.2) is 5.76 Å². The zero-order valence-electron chi connectivity index (χ0n) is 10.5. The SMILES string of the molecule is Brc1ccc(NCCn2nnc(-c3ccco3)n2)cc1. The molecular weight excluding hydrogens is 322 g/mol. The van der Waals surface area contributed by atoms with Gasteiger partial charge in [-0.05, 0) is 41.6 Å². The van der Waals surface area contributed by atoms with Gasteiger partial charge in [-0.3, -0.25) is 0 Å². The third-order valence-electron chi connectivity index (χ3n) is 2.68. The van der Waals surface area contributed by atoms with Crippen molar-refractivity contribution in [1.29, 1.82) is 0 Å². The van der Waals surface area contributed by atoms with Crippen LogP contribution in [0, 0.1) is 0 Å². The van der Waals surface area contributed by atoms with Crippen LogP contribution in [-0.4, -0.2) is 26.8 Å². The summed E-state index contributed by atoms with van der Waals surface area (Å²) < 4.78 is 6.28. The molecule has 102 valence electrons. The number of aromatic nitrogens is 4. The molecule has 0 saturated heterocycles. The molecule has 6 nitrogen and oxygen atoms in total. The number of hydrogen-bond acceptors (Lipinski definition) is 5. The smallest absolute Gasteiger partial charge is 0.240 e. The molecule has 0 unspecified atom stereocenters.